The summed E-state index contributed by atoms with van der Waals surface area (Å²) in [6.45, 7) is 0. The molecule has 6 aromatic rings. The summed E-state index contributed by atoms with van der Waals surface area (Å²) in [7, 11) is 0. The molecule has 4 heterocycles. The zero-order valence-corrected chi connectivity index (χ0v) is 22.4. The second-order valence-electron chi connectivity index (χ2n) is 7.41. The van der Waals surface area contributed by atoms with Crippen LogP contribution in [0.15, 0.2) is 146 Å². The Hall–Kier alpha value is -4.31. The van der Waals surface area contributed by atoms with Crippen molar-refractivity contribution >= 4 is 0 Å². The van der Waals surface area contributed by atoms with E-state index in [0.29, 0.717) is 0 Å². The van der Waals surface area contributed by atoms with E-state index in [1.165, 1.54) is 0 Å². The molecule has 0 atom stereocenters. The van der Waals surface area contributed by atoms with Crippen LogP contribution in [-0.2, 0) is 20.1 Å². The average Bonchev–Trinajstić information content (AvgIpc) is 3.01. The Bertz CT molecular complexity index is 1100. The topological polar surface area (TPSA) is 51.6 Å². The monoisotopic (exact) mass is 657 g/mol. The molecule has 0 N–H and O–H groups in total. The first-order valence-corrected chi connectivity index (χ1v) is 11.5. The van der Waals surface area contributed by atoms with Crippen LogP contribution in [0.3, 0.4) is 0 Å². The number of hydrogen-bond acceptors (Lipinski definition) is 4. The first kappa shape index (κ1) is 27.3. The molecule has 0 spiro atoms. The van der Waals surface area contributed by atoms with Gasteiger partial charge in [-0.25, -0.2) is 0 Å². The van der Waals surface area contributed by atoms with Gasteiger partial charge in [-0.3, -0.25) is 9.97 Å². The molecular formula is C32H24IrN4+. The molecule has 0 saturated carbocycles. The summed E-state index contributed by atoms with van der Waals surface area (Å²) in [5.41, 5.74) is 5.85. The summed E-state index contributed by atoms with van der Waals surface area (Å²) in [5, 5.41) is 0. The van der Waals surface area contributed by atoms with Crippen LogP contribution in [0.25, 0.3) is 33.9 Å². The summed E-state index contributed by atoms with van der Waals surface area (Å²) in [6.07, 6.45) is 7.11. The molecule has 0 aliphatic rings. The summed E-state index contributed by atoms with van der Waals surface area (Å²) in [6, 6.07) is 45.2. The maximum Gasteiger partial charge on any atom is 3.00 e. The fourth-order valence-electron chi connectivity index (χ4n) is 3.18. The largest absolute Gasteiger partial charge is 3.00 e. The van der Waals surface area contributed by atoms with E-state index < -0.39 is 0 Å². The van der Waals surface area contributed by atoms with Crippen molar-refractivity contribution in [2.75, 3.05) is 0 Å². The zero-order chi connectivity index (χ0) is 24.7. The van der Waals surface area contributed by atoms with Gasteiger partial charge >= 0.3 is 20.1 Å². The fraction of sp³-hybridized carbons (Fsp3) is 0. The molecule has 0 amide bonds. The van der Waals surface area contributed by atoms with E-state index in [2.05, 4.69) is 32.1 Å². The molecule has 4 aromatic heterocycles. The van der Waals surface area contributed by atoms with Crippen LogP contribution >= 0.6 is 0 Å². The van der Waals surface area contributed by atoms with Crippen LogP contribution in [0, 0.1) is 12.1 Å². The van der Waals surface area contributed by atoms with Gasteiger partial charge < -0.3 is 9.97 Å². The standard InChI is InChI=1S/2C11H8N.C10H8N2.Ir/c2*1-2-6-10(7-3-1)11-8-4-5-9-12-11;1-3-7-11-9(5-1)10-6-2-4-8-12-10;/h2*1-6,8-9H;1-8H;/q2*-1;;+3. The smallest absolute Gasteiger partial charge is 0.305 e. The third-order valence-corrected chi connectivity index (χ3v) is 4.89. The number of benzene rings is 2. The molecule has 0 saturated heterocycles. The van der Waals surface area contributed by atoms with E-state index in [0.717, 1.165) is 33.9 Å². The molecule has 0 aliphatic carbocycles. The molecule has 0 aliphatic heterocycles. The van der Waals surface area contributed by atoms with E-state index in [9.17, 15) is 0 Å². The molecule has 0 unspecified atom stereocenters. The number of nitrogens with zero attached hydrogens (tertiary/aromatic N) is 4. The molecule has 6 rings (SSSR count). The number of aromatic nitrogens is 4. The van der Waals surface area contributed by atoms with Gasteiger partial charge in [-0.05, 0) is 47.8 Å². The predicted octanol–water partition coefficient (Wildman–Crippen LogP) is 7.24. The van der Waals surface area contributed by atoms with Gasteiger partial charge in [0.05, 0.1) is 11.4 Å². The molecule has 4 nitrogen and oxygen atoms in total. The van der Waals surface area contributed by atoms with Crippen LogP contribution in [0.4, 0.5) is 0 Å². The van der Waals surface area contributed by atoms with E-state index in [1.54, 1.807) is 24.8 Å². The molecule has 0 radical (unpaired) electrons. The van der Waals surface area contributed by atoms with Crippen LogP contribution in [0.5, 0.6) is 0 Å². The predicted molar refractivity (Wildman–Crippen MR) is 144 cm³/mol. The van der Waals surface area contributed by atoms with Gasteiger partial charge in [0.15, 0.2) is 0 Å². The van der Waals surface area contributed by atoms with Crippen LogP contribution in [-0.4, -0.2) is 19.9 Å². The number of rotatable bonds is 3. The maximum atomic E-state index is 4.22. The third kappa shape index (κ3) is 9.01. The van der Waals surface area contributed by atoms with E-state index in [1.807, 2.05) is 121 Å². The van der Waals surface area contributed by atoms with Gasteiger partial charge in [-0.15, -0.1) is 71.8 Å². The van der Waals surface area contributed by atoms with Gasteiger partial charge in [-0.1, -0.05) is 36.4 Å². The van der Waals surface area contributed by atoms with E-state index in [-0.39, 0.29) is 20.1 Å². The van der Waals surface area contributed by atoms with Crippen LogP contribution in [0.2, 0.25) is 0 Å². The second kappa shape index (κ2) is 15.6. The Kier molecular flexibility index (Phi) is 11.5. The summed E-state index contributed by atoms with van der Waals surface area (Å²) in [5.74, 6) is 0. The van der Waals surface area contributed by atoms with Crippen molar-refractivity contribution in [2.24, 2.45) is 0 Å². The summed E-state index contributed by atoms with van der Waals surface area (Å²) in [4.78, 5) is 16.8. The first-order valence-electron chi connectivity index (χ1n) is 11.5. The van der Waals surface area contributed by atoms with E-state index in [4.69, 9.17) is 0 Å². The SMILES string of the molecule is [Ir+3].[c-]1ccccc1-c1ccccn1.[c-]1ccccc1-c1ccccn1.c1ccc(-c2ccccn2)nc1. The van der Waals surface area contributed by atoms with Gasteiger partial charge in [-0.2, -0.15) is 0 Å². The Morgan fingerprint density at radius 2 is 0.676 bits per heavy atom. The fourth-order valence-corrected chi connectivity index (χ4v) is 3.18. The van der Waals surface area contributed by atoms with Crippen molar-refractivity contribution in [3.63, 3.8) is 0 Å². The molecule has 180 valence electrons. The molecule has 37 heavy (non-hydrogen) atoms. The zero-order valence-electron chi connectivity index (χ0n) is 20.0. The summed E-state index contributed by atoms with van der Waals surface area (Å²) >= 11 is 0. The van der Waals surface area contributed by atoms with Crippen molar-refractivity contribution < 1.29 is 20.1 Å². The van der Waals surface area contributed by atoms with Crippen molar-refractivity contribution in [1.82, 2.24) is 19.9 Å². The minimum absolute atomic E-state index is 0. The van der Waals surface area contributed by atoms with Crippen LogP contribution in [0.1, 0.15) is 0 Å². The average molecular weight is 657 g/mol. The van der Waals surface area contributed by atoms with Crippen molar-refractivity contribution in [1.29, 1.82) is 0 Å². The molecule has 2 aromatic carbocycles. The number of hydrogen-bond donors (Lipinski definition) is 0. The Labute approximate surface area is 231 Å². The first-order chi connectivity index (χ1) is 17.9. The van der Waals surface area contributed by atoms with Crippen molar-refractivity contribution in [3.05, 3.63) is 158 Å². The maximum absolute atomic E-state index is 4.22. The van der Waals surface area contributed by atoms with Crippen LogP contribution < -0.4 is 0 Å². The number of pyridine rings is 4. The van der Waals surface area contributed by atoms with Gasteiger partial charge in [0.1, 0.15) is 0 Å². The van der Waals surface area contributed by atoms with Gasteiger partial charge in [0.2, 0.25) is 0 Å². The minimum Gasteiger partial charge on any atom is -0.305 e. The normalized spacial score (nSPS) is 9.41. The minimum atomic E-state index is 0. The van der Waals surface area contributed by atoms with Crippen molar-refractivity contribution in [3.8, 4) is 33.9 Å². The molecule has 0 bridgehead atoms. The quantitative estimate of drug-likeness (QED) is 0.189. The third-order valence-electron chi connectivity index (χ3n) is 4.89. The molecular weight excluding hydrogens is 633 g/mol. The Morgan fingerprint density at radius 3 is 0.946 bits per heavy atom. The second-order valence-corrected chi connectivity index (χ2v) is 7.41. The molecule has 5 heteroatoms. The molecule has 0 fully saturated rings. The Balaban J connectivity index is 0.000000152. The summed E-state index contributed by atoms with van der Waals surface area (Å²) < 4.78 is 0. The van der Waals surface area contributed by atoms with Gasteiger partial charge in [0.25, 0.3) is 0 Å². The van der Waals surface area contributed by atoms with E-state index >= 15 is 0 Å². The van der Waals surface area contributed by atoms with Gasteiger partial charge in [0, 0.05) is 24.8 Å². The Morgan fingerprint density at radius 1 is 0.351 bits per heavy atom. The van der Waals surface area contributed by atoms with Crippen molar-refractivity contribution in [2.45, 2.75) is 0 Å².